The molecule has 0 spiro atoms. The number of hydrogen-bond donors (Lipinski definition) is 4. The summed E-state index contributed by atoms with van der Waals surface area (Å²) in [4.78, 5) is 24.3. The number of H-pyrrole nitrogens is 1. The number of aromatic amines is 1. The van der Waals surface area contributed by atoms with Crippen LogP contribution in [0.5, 0.6) is 0 Å². The summed E-state index contributed by atoms with van der Waals surface area (Å²) < 4.78 is 67.0. The summed E-state index contributed by atoms with van der Waals surface area (Å²) in [6.07, 6.45) is 1.53. The molecule has 0 unspecified atom stereocenters. The van der Waals surface area contributed by atoms with E-state index in [-0.39, 0.29) is 5.69 Å². The maximum Gasteiger partial charge on any atom is 0.258 e. The molecule has 1 aromatic heterocycles. The summed E-state index contributed by atoms with van der Waals surface area (Å²) in [7, 11) is 0. The first-order valence-electron chi connectivity index (χ1n) is 7.91. The standard InChI is InChI=1S/C17H11F5N4O3/c18-11-10(12(19)14(21)15(22)13(11)20)17(29)25-9(5-27)16(28)24-7-2-1-6-4-23-26-8(6)3-7/h1-4,9,27H,5H2,(H,23,26)(H,24,28)(H,25,29)/t9-/m0/s1. The second-order valence-corrected chi connectivity index (χ2v) is 5.81. The normalized spacial score (nSPS) is 12.1. The van der Waals surface area contributed by atoms with E-state index in [2.05, 4.69) is 15.5 Å². The first kappa shape index (κ1) is 20.2. The molecule has 3 aromatic rings. The van der Waals surface area contributed by atoms with Crippen LogP contribution in [0.25, 0.3) is 10.9 Å². The quantitative estimate of drug-likeness (QED) is 0.291. The number of nitrogens with zero attached hydrogens (tertiary/aromatic N) is 1. The Kier molecular flexibility index (Phi) is 5.46. The fraction of sp³-hybridized carbons (Fsp3) is 0.118. The summed E-state index contributed by atoms with van der Waals surface area (Å²) in [6.45, 7) is -1.01. The van der Waals surface area contributed by atoms with Gasteiger partial charge in [-0.2, -0.15) is 5.10 Å². The predicted octanol–water partition coefficient (Wildman–Crippen LogP) is 1.99. The molecular formula is C17H11F5N4O3. The summed E-state index contributed by atoms with van der Waals surface area (Å²) in [5.74, 6) is -14.5. The van der Waals surface area contributed by atoms with Crippen LogP contribution >= 0.6 is 0 Å². The van der Waals surface area contributed by atoms with Gasteiger partial charge in [0, 0.05) is 11.1 Å². The molecule has 0 saturated carbocycles. The average molecular weight is 414 g/mol. The van der Waals surface area contributed by atoms with Crippen LogP contribution in [0.4, 0.5) is 27.6 Å². The lowest BCUT2D eigenvalue weighted by Crippen LogP contribution is -2.46. The van der Waals surface area contributed by atoms with Gasteiger partial charge in [0.1, 0.15) is 11.6 Å². The van der Waals surface area contributed by atoms with Crippen molar-refractivity contribution in [1.82, 2.24) is 15.5 Å². The molecule has 0 aliphatic rings. The van der Waals surface area contributed by atoms with Crippen LogP contribution in [0.1, 0.15) is 10.4 Å². The number of halogens is 5. The molecule has 152 valence electrons. The third-order valence-corrected chi connectivity index (χ3v) is 3.95. The molecule has 2 amide bonds. The van der Waals surface area contributed by atoms with Gasteiger partial charge in [-0.1, -0.05) is 0 Å². The predicted molar refractivity (Wildman–Crippen MR) is 89.3 cm³/mol. The van der Waals surface area contributed by atoms with Gasteiger partial charge in [0.2, 0.25) is 11.7 Å². The number of aromatic nitrogens is 2. The van der Waals surface area contributed by atoms with E-state index in [1.165, 1.54) is 18.3 Å². The van der Waals surface area contributed by atoms with Gasteiger partial charge in [-0.25, -0.2) is 22.0 Å². The highest BCUT2D eigenvalue weighted by Crippen LogP contribution is 2.23. The third-order valence-electron chi connectivity index (χ3n) is 3.95. The smallest absolute Gasteiger partial charge is 0.258 e. The van der Waals surface area contributed by atoms with E-state index in [4.69, 9.17) is 0 Å². The lowest BCUT2D eigenvalue weighted by Gasteiger charge is -2.17. The number of rotatable bonds is 5. The second-order valence-electron chi connectivity index (χ2n) is 5.81. The maximum atomic E-state index is 13.7. The molecule has 0 aliphatic heterocycles. The molecule has 29 heavy (non-hydrogen) atoms. The Balaban J connectivity index is 1.80. The van der Waals surface area contributed by atoms with Crippen molar-refractivity contribution >= 4 is 28.4 Å². The van der Waals surface area contributed by atoms with Crippen LogP contribution in [-0.2, 0) is 4.79 Å². The first-order chi connectivity index (χ1) is 13.7. The Hall–Kier alpha value is -3.54. The monoisotopic (exact) mass is 414 g/mol. The zero-order valence-corrected chi connectivity index (χ0v) is 14.2. The van der Waals surface area contributed by atoms with Crippen molar-refractivity contribution in [2.75, 3.05) is 11.9 Å². The van der Waals surface area contributed by atoms with Crippen molar-refractivity contribution in [2.24, 2.45) is 0 Å². The lowest BCUT2D eigenvalue weighted by molar-refractivity contribution is -0.118. The summed E-state index contributed by atoms with van der Waals surface area (Å²) >= 11 is 0. The molecule has 0 radical (unpaired) electrons. The minimum absolute atomic E-state index is 0.232. The van der Waals surface area contributed by atoms with Gasteiger partial charge in [-0.05, 0) is 18.2 Å². The molecule has 3 rings (SSSR count). The Morgan fingerprint density at radius 1 is 1.03 bits per heavy atom. The summed E-state index contributed by atoms with van der Waals surface area (Å²) in [5, 5.41) is 20.6. The van der Waals surface area contributed by atoms with E-state index >= 15 is 0 Å². The maximum absolute atomic E-state index is 13.7. The van der Waals surface area contributed by atoms with Gasteiger partial charge in [0.25, 0.3) is 5.91 Å². The Bertz CT molecular complexity index is 1090. The molecule has 0 bridgehead atoms. The lowest BCUT2D eigenvalue weighted by atomic mass is 10.1. The van der Waals surface area contributed by atoms with Crippen molar-refractivity contribution in [3.8, 4) is 0 Å². The van der Waals surface area contributed by atoms with Crippen LogP contribution in [0.15, 0.2) is 24.4 Å². The van der Waals surface area contributed by atoms with E-state index in [1.807, 2.05) is 0 Å². The Morgan fingerprint density at radius 3 is 2.28 bits per heavy atom. The van der Waals surface area contributed by atoms with Crippen LogP contribution in [0.3, 0.4) is 0 Å². The highest BCUT2D eigenvalue weighted by Gasteiger charge is 2.31. The number of nitrogens with one attached hydrogen (secondary N) is 3. The number of anilines is 1. The van der Waals surface area contributed by atoms with Crippen molar-refractivity contribution < 1.29 is 36.6 Å². The van der Waals surface area contributed by atoms with E-state index in [0.717, 1.165) is 5.39 Å². The van der Waals surface area contributed by atoms with Gasteiger partial charge < -0.3 is 15.7 Å². The molecule has 12 heteroatoms. The van der Waals surface area contributed by atoms with Crippen LogP contribution in [0, 0.1) is 29.1 Å². The third kappa shape index (κ3) is 3.74. The van der Waals surface area contributed by atoms with E-state index in [1.54, 1.807) is 11.4 Å². The van der Waals surface area contributed by atoms with Gasteiger partial charge in [0.15, 0.2) is 23.3 Å². The van der Waals surface area contributed by atoms with E-state index in [0.29, 0.717) is 5.52 Å². The molecule has 1 atom stereocenters. The highest BCUT2D eigenvalue weighted by atomic mass is 19.2. The van der Waals surface area contributed by atoms with E-state index < -0.39 is 59.1 Å². The molecule has 2 aromatic carbocycles. The van der Waals surface area contributed by atoms with Crippen molar-refractivity contribution in [2.45, 2.75) is 6.04 Å². The number of benzene rings is 2. The molecule has 0 aliphatic carbocycles. The fourth-order valence-corrected chi connectivity index (χ4v) is 2.47. The van der Waals surface area contributed by atoms with Gasteiger partial charge in [-0.15, -0.1) is 0 Å². The van der Waals surface area contributed by atoms with Crippen LogP contribution in [0.2, 0.25) is 0 Å². The number of amides is 2. The molecule has 4 N–H and O–H groups in total. The molecule has 1 heterocycles. The number of fused-ring (bicyclic) bond motifs is 1. The minimum atomic E-state index is -2.43. The SMILES string of the molecule is O=C(N[C@@H](CO)C(=O)Nc1ccc2cn[nH]c2c1)c1c(F)c(F)c(F)c(F)c1F. The van der Waals surface area contributed by atoms with Crippen LogP contribution < -0.4 is 10.6 Å². The van der Waals surface area contributed by atoms with Gasteiger partial charge >= 0.3 is 0 Å². The van der Waals surface area contributed by atoms with Crippen molar-refractivity contribution in [3.05, 3.63) is 59.0 Å². The zero-order chi connectivity index (χ0) is 21.3. The molecule has 7 nitrogen and oxygen atoms in total. The van der Waals surface area contributed by atoms with E-state index in [9.17, 15) is 36.6 Å². The van der Waals surface area contributed by atoms with Gasteiger partial charge in [0.05, 0.1) is 18.3 Å². The molecule has 0 saturated heterocycles. The van der Waals surface area contributed by atoms with Crippen LogP contribution in [-0.4, -0.2) is 39.8 Å². The molecule has 0 fully saturated rings. The minimum Gasteiger partial charge on any atom is -0.394 e. The second kappa shape index (κ2) is 7.83. The average Bonchev–Trinajstić information content (AvgIpc) is 3.16. The Morgan fingerprint density at radius 2 is 1.66 bits per heavy atom. The van der Waals surface area contributed by atoms with Crippen molar-refractivity contribution in [3.63, 3.8) is 0 Å². The summed E-state index contributed by atoms with van der Waals surface area (Å²) in [6, 6.07) is 2.84. The zero-order valence-electron chi connectivity index (χ0n) is 14.2. The number of carbonyl (C=O) groups is 2. The first-order valence-corrected chi connectivity index (χ1v) is 7.91. The number of aliphatic hydroxyl groups is 1. The molecular weight excluding hydrogens is 403 g/mol. The largest absolute Gasteiger partial charge is 0.394 e. The number of hydrogen-bond acceptors (Lipinski definition) is 4. The van der Waals surface area contributed by atoms with Gasteiger partial charge in [-0.3, -0.25) is 14.7 Å². The van der Waals surface area contributed by atoms with Crippen molar-refractivity contribution in [1.29, 1.82) is 0 Å². The topological polar surface area (TPSA) is 107 Å². The number of carbonyl (C=O) groups excluding carboxylic acids is 2. The summed E-state index contributed by atoms with van der Waals surface area (Å²) in [5.41, 5.74) is -0.976. The fourth-order valence-electron chi connectivity index (χ4n) is 2.47. The Labute approximate surface area is 158 Å². The highest BCUT2D eigenvalue weighted by molar-refractivity contribution is 6.02. The number of aliphatic hydroxyl groups excluding tert-OH is 1.